The van der Waals surface area contributed by atoms with Crippen LogP contribution in [0.4, 0.5) is 0 Å². The van der Waals surface area contributed by atoms with Crippen LogP contribution in [-0.4, -0.2) is 18.0 Å². The Morgan fingerprint density at radius 2 is 1.32 bits per heavy atom. The first kappa shape index (κ1) is 14.3. The molecular formula is C15H11O4-. The Hall–Kier alpha value is -2.75. The van der Waals surface area contributed by atoms with Gasteiger partial charge in [-0.25, -0.2) is 0 Å². The second-order valence-electron chi connectivity index (χ2n) is 3.51. The van der Waals surface area contributed by atoms with Gasteiger partial charge in [0, 0.05) is 11.1 Å². The fourth-order valence-electron chi connectivity index (χ4n) is 1.24. The van der Waals surface area contributed by atoms with E-state index < -0.39 is 11.8 Å². The van der Waals surface area contributed by atoms with Gasteiger partial charge in [0.1, 0.15) is 12.3 Å². The number of hydrogen-bond donors (Lipinski definition) is 0. The lowest BCUT2D eigenvalue weighted by atomic mass is 10.1. The summed E-state index contributed by atoms with van der Waals surface area (Å²) >= 11 is 0. The molecule has 0 fully saturated rings. The van der Waals surface area contributed by atoms with Crippen molar-refractivity contribution in [1.29, 1.82) is 0 Å². The first-order chi connectivity index (χ1) is 9.15. The number of carbonyl (C=O) groups is 3. The monoisotopic (exact) mass is 255 g/mol. The summed E-state index contributed by atoms with van der Waals surface area (Å²) in [5, 5.41) is 10.0. The maximum atomic E-state index is 10.7. The highest BCUT2D eigenvalue weighted by Crippen LogP contribution is 1.98. The molecule has 0 unspecified atom stereocenters. The SMILES string of the molecule is O=C([O-])C(=O)c1ccccc1.O=Cc1ccccc1. The molecule has 0 saturated heterocycles. The number of ketones is 1. The van der Waals surface area contributed by atoms with Crippen molar-refractivity contribution in [2.75, 3.05) is 0 Å². The molecular weight excluding hydrogens is 244 g/mol. The zero-order valence-electron chi connectivity index (χ0n) is 9.98. The third-order valence-electron chi connectivity index (χ3n) is 2.16. The molecule has 0 bridgehead atoms. The summed E-state index contributed by atoms with van der Waals surface area (Å²) in [6, 6.07) is 16.8. The molecule has 96 valence electrons. The van der Waals surface area contributed by atoms with Crippen LogP contribution in [0.25, 0.3) is 0 Å². The van der Waals surface area contributed by atoms with E-state index in [1.165, 1.54) is 12.1 Å². The van der Waals surface area contributed by atoms with Gasteiger partial charge in [-0.05, 0) is 0 Å². The third kappa shape index (κ3) is 4.95. The molecule has 0 radical (unpaired) electrons. The van der Waals surface area contributed by atoms with E-state index in [1.807, 2.05) is 18.2 Å². The summed E-state index contributed by atoms with van der Waals surface area (Å²) in [6.07, 6.45) is 0.833. The second kappa shape index (κ2) is 7.55. The molecule has 0 atom stereocenters. The van der Waals surface area contributed by atoms with Crippen LogP contribution in [0.5, 0.6) is 0 Å². The van der Waals surface area contributed by atoms with Gasteiger partial charge < -0.3 is 9.90 Å². The predicted octanol–water partition coefficient (Wildman–Crippen LogP) is 1.12. The van der Waals surface area contributed by atoms with Crippen LogP contribution in [0.3, 0.4) is 0 Å². The number of aliphatic carboxylic acids is 1. The van der Waals surface area contributed by atoms with Crippen LogP contribution >= 0.6 is 0 Å². The summed E-state index contributed by atoms with van der Waals surface area (Å²) in [7, 11) is 0. The molecule has 4 heteroatoms. The molecule has 2 aromatic rings. The van der Waals surface area contributed by atoms with Crippen molar-refractivity contribution in [3.8, 4) is 0 Å². The van der Waals surface area contributed by atoms with Crippen LogP contribution < -0.4 is 5.11 Å². The molecule has 0 aliphatic heterocycles. The first-order valence-electron chi connectivity index (χ1n) is 5.46. The van der Waals surface area contributed by atoms with Gasteiger partial charge in [-0.1, -0.05) is 60.7 Å². The Morgan fingerprint density at radius 1 is 0.842 bits per heavy atom. The third-order valence-corrected chi connectivity index (χ3v) is 2.16. The van der Waals surface area contributed by atoms with Crippen LogP contribution in [0.15, 0.2) is 60.7 Å². The van der Waals surface area contributed by atoms with Crippen molar-refractivity contribution in [3.05, 3.63) is 71.8 Å². The highest BCUT2D eigenvalue weighted by atomic mass is 16.4. The maximum Gasteiger partial charge on any atom is 0.208 e. The van der Waals surface area contributed by atoms with Gasteiger partial charge >= 0.3 is 0 Å². The number of carbonyl (C=O) groups excluding carboxylic acids is 3. The number of hydrogen-bond acceptors (Lipinski definition) is 4. The molecule has 0 aromatic heterocycles. The molecule has 0 amide bonds. The van der Waals surface area contributed by atoms with Crippen LogP contribution in [0.1, 0.15) is 20.7 Å². The molecule has 2 aromatic carbocycles. The van der Waals surface area contributed by atoms with Crippen molar-refractivity contribution in [2.24, 2.45) is 0 Å². The van der Waals surface area contributed by atoms with E-state index in [0.29, 0.717) is 0 Å². The molecule has 0 saturated carbocycles. The second-order valence-corrected chi connectivity index (χ2v) is 3.51. The number of aldehydes is 1. The van der Waals surface area contributed by atoms with E-state index >= 15 is 0 Å². The average molecular weight is 255 g/mol. The zero-order valence-corrected chi connectivity index (χ0v) is 9.98. The van der Waals surface area contributed by atoms with Crippen LogP contribution in [-0.2, 0) is 4.79 Å². The summed E-state index contributed by atoms with van der Waals surface area (Å²) in [4.78, 5) is 30.7. The van der Waals surface area contributed by atoms with E-state index in [0.717, 1.165) is 11.8 Å². The number of benzene rings is 2. The van der Waals surface area contributed by atoms with Gasteiger partial charge in [-0.15, -0.1) is 0 Å². The summed E-state index contributed by atoms with van der Waals surface area (Å²) < 4.78 is 0. The average Bonchev–Trinajstić information content (AvgIpc) is 2.48. The minimum absolute atomic E-state index is 0.146. The van der Waals surface area contributed by atoms with Crippen molar-refractivity contribution in [1.82, 2.24) is 0 Å². The lowest BCUT2D eigenvalue weighted by molar-refractivity contribution is -0.296. The quantitative estimate of drug-likeness (QED) is 0.468. The number of carboxylic acid groups (broad SMARTS) is 1. The zero-order chi connectivity index (χ0) is 14.1. The topological polar surface area (TPSA) is 74.3 Å². The fourth-order valence-corrected chi connectivity index (χ4v) is 1.24. The Balaban J connectivity index is 0.000000200. The van der Waals surface area contributed by atoms with Crippen molar-refractivity contribution in [2.45, 2.75) is 0 Å². The maximum absolute atomic E-state index is 10.7. The smallest absolute Gasteiger partial charge is 0.208 e. The van der Waals surface area contributed by atoms with Crippen molar-refractivity contribution >= 4 is 18.0 Å². The van der Waals surface area contributed by atoms with Gasteiger partial charge in [0.05, 0.1) is 0 Å². The van der Waals surface area contributed by atoms with Gasteiger partial charge in [-0.3, -0.25) is 9.59 Å². The normalized spacial score (nSPS) is 8.84. The molecule has 0 aliphatic carbocycles. The van der Waals surface area contributed by atoms with E-state index in [2.05, 4.69) is 0 Å². The molecule has 19 heavy (non-hydrogen) atoms. The minimum Gasteiger partial charge on any atom is -0.541 e. The lowest BCUT2D eigenvalue weighted by Gasteiger charge is -1.98. The van der Waals surface area contributed by atoms with Crippen LogP contribution in [0, 0.1) is 0 Å². The molecule has 0 heterocycles. The Morgan fingerprint density at radius 3 is 1.68 bits per heavy atom. The Bertz CT molecular complexity index is 547. The van der Waals surface area contributed by atoms with Gasteiger partial charge in [0.2, 0.25) is 5.78 Å². The van der Waals surface area contributed by atoms with Gasteiger partial charge in [0.15, 0.2) is 0 Å². The summed E-state index contributed by atoms with van der Waals surface area (Å²) in [6.45, 7) is 0. The van der Waals surface area contributed by atoms with E-state index in [-0.39, 0.29) is 5.56 Å². The largest absolute Gasteiger partial charge is 0.541 e. The molecule has 0 aliphatic rings. The Labute approximate surface area is 110 Å². The molecule has 0 spiro atoms. The summed E-state index contributed by atoms with van der Waals surface area (Å²) in [5.74, 6) is -2.65. The molecule has 0 N–H and O–H groups in total. The minimum atomic E-state index is -1.67. The fraction of sp³-hybridized carbons (Fsp3) is 0. The van der Waals surface area contributed by atoms with E-state index in [1.54, 1.807) is 30.3 Å². The highest BCUT2D eigenvalue weighted by molar-refractivity contribution is 6.38. The van der Waals surface area contributed by atoms with Gasteiger partial charge in [0.25, 0.3) is 0 Å². The number of carboxylic acids is 1. The molecule has 4 nitrogen and oxygen atoms in total. The molecule has 2 rings (SSSR count). The van der Waals surface area contributed by atoms with Crippen molar-refractivity contribution < 1.29 is 19.5 Å². The van der Waals surface area contributed by atoms with E-state index in [9.17, 15) is 19.5 Å². The summed E-state index contributed by atoms with van der Waals surface area (Å²) in [5.41, 5.74) is 0.875. The Kier molecular flexibility index (Phi) is 5.69. The highest BCUT2D eigenvalue weighted by Gasteiger charge is 2.03. The first-order valence-corrected chi connectivity index (χ1v) is 5.46. The van der Waals surface area contributed by atoms with Gasteiger partial charge in [-0.2, -0.15) is 0 Å². The lowest BCUT2D eigenvalue weighted by Crippen LogP contribution is -2.31. The number of Topliss-reactive ketones (excluding diaryl/α,β-unsaturated/α-hetero) is 1. The van der Waals surface area contributed by atoms with E-state index in [4.69, 9.17) is 0 Å². The standard InChI is InChI=1S/C8H6O3.C7H6O/c9-7(8(10)11)6-4-2-1-3-5-6;8-6-7-4-2-1-3-5-7/h1-5H,(H,10,11);1-6H/p-1. The van der Waals surface area contributed by atoms with Crippen LogP contribution in [0.2, 0.25) is 0 Å². The van der Waals surface area contributed by atoms with Crippen molar-refractivity contribution in [3.63, 3.8) is 0 Å². The predicted molar refractivity (Wildman–Crippen MR) is 67.6 cm³/mol. The number of rotatable bonds is 3.